The van der Waals surface area contributed by atoms with Crippen molar-refractivity contribution in [3.8, 4) is 5.75 Å². The Balaban J connectivity index is 1.94. The Labute approximate surface area is 143 Å². The van der Waals surface area contributed by atoms with Gasteiger partial charge in [-0.2, -0.15) is 0 Å². The van der Waals surface area contributed by atoms with Crippen LogP contribution in [0.3, 0.4) is 0 Å². The van der Waals surface area contributed by atoms with E-state index in [0.29, 0.717) is 6.61 Å². The molecule has 0 amide bonds. The van der Waals surface area contributed by atoms with Gasteiger partial charge in [-0.15, -0.1) is 0 Å². The molecule has 0 spiro atoms. The van der Waals surface area contributed by atoms with Gasteiger partial charge in [0, 0.05) is 6.54 Å². The number of fused-ring (bicyclic) bond motifs is 1. The molecule has 0 aliphatic carbocycles. The van der Waals surface area contributed by atoms with Crippen LogP contribution in [0.15, 0.2) is 23.0 Å². The molecule has 0 aliphatic rings. The van der Waals surface area contributed by atoms with E-state index in [0.717, 1.165) is 35.2 Å². The first kappa shape index (κ1) is 18.1. The summed E-state index contributed by atoms with van der Waals surface area (Å²) in [7, 11) is 0. The Hall–Kier alpha value is -1.29. The van der Waals surface area contributed by atoms with Gasteiger partial charge in [0.25, 0.3) is 5.56 Å². The number of rotatable bonds is 11. The number of hydrogen-bond donors (Lipinski definition) is 0. The second kappa shape index (κ2) is 9.76. The van der Waals surface area contributed by atoms with E-state index >= 15 is 0 Å². The van der Waals surface area contributed by atoms with Gasteiger partial charge in [0.05, 0.1) is 11.3 Å². The summed E-state index contributed by atoms with van der Waals surface area (Å²) < 4.78 is 8.67. The molecular weight excluding hydrogens is 306 g/mol. The summed E-state index contributed by atoms with van der Waals surface area (Å²) in [5, 5.41) is 0.758. The monoisotopic (exact) mass is 335 g/mol. The molecule has 0 aliphatic heterocycles. The molecule has 3 nitrogen and oxygen atoms in total. The van der Waals surface area contributed by atoms with Crippen molar-refractivity contribution in [1.29, 1.82) is 0 Å². The van der Waals surface area contributed by atoms with Crippen LogP contribution in [0.4, 0.5) is 0 Å². The number of nitrogens with zero attached hydrogens (tertiary/aromatic N) is 1. The highest BCUT2D eigenvalue weighted by atomic mass is 32.1. The summed E-state index contributed by atoms with van der Waals surface area (Å²) in [5.74, 6) is 0.740. The molecule has 1 aromatic carbocycles. The molecule has 0 fully saturated rings. The maximum Gasteiger partial charge on any atom is 0.272 e. The predicted molar refractivity (Wildman–Crippen MR) is 99.9 cm³/mol. The van der Waals surface area contributed by atoms with Crippen molar-refractivity contribution < 1.29 is 4.74 Å². The number of benzene rings is 1. The number of aryl methyl sites for hydroxylation is 1. The molecule has 0 saturated carbocycles. The molecular formula is C19H29NO2S. The minimum atomic E-state index is 0.114. The maximum atomic E-state index is 12.6. The largest absolute Gasteiger partial charge is 0.493 e. The van der Waals surface area contributed by atoms with Gasteiger partial charge in [-0.1, -0.05) is 70.0 Å². The fourth-order valence-electron chi connectivity index (χ4n) is 2.77. The molecule has 2 rings (SSSR count). The van der Waals surface area contributed by atoms with Gasteiger partial charge in [-0.3, -0.25) is 8.75 Å². The lowest BCUT2D eigenvalue weighted by Crippen LogP contribution is -2.13. The van der Waals surface area contributed by atoms with E-state index in [1.54, 1.807) is 11.5 Å². The second-order valence-electron chi connectivity index (χ2n) is 6.10. The second-order valence-corrected chi connectivity index (χ2v) is 7.16. The van der Waals surface area contributed by atoms with Crippen molar-refractivity contribution >= 4 is 21.6 Å². The van der Waals surface area contributed by atoms with E-state index in [2.05, 4.69) is 13.8 Å². The third-order valence-corrected chi connectivity index (χ3v) is 5.17. The fraction of sp³-hybridized carbons (Fsp3) is 0.632. The highest BCUT2D eigenvalue weighted by molar-refractivity contribution is 7.13. The topological polar surface area (TPSA) is 31.2 Å². The van der Waals surface area contributed by atoms with Crippen LogP contribution in [-0.2, 0) is 6.54 Å². The highest BCUT2D eigenvalue weighted by Crippen LogP contribution is 2.26. The van der Waals surface area contributed by atoms with Crippen LogP contribution >= 0.6 is 11.5 Å². The minimum absolute atomic E-state index is 0.114. The van der Waals surface area contributed by atoms with Gasteiger partial charge in [-0.05, 0) is 25.0 Å². The molecule has 0 N–H and O–H groups in total. The summed E-state index contributed by atoms with van der Waals surface area (Å²) in [4.78, 5) is 12.6. The van der Waals surface area contributed by atoms with E-state index < -0.39 is 0 Å². The van der Waals surface area contributed by atoms with Gasteiger partial charge >= 0.3 is 0 Å². The van der Waals surface area contributed by atoms with Crippen molar-refractivity contribution in [3.63, 3.8) is 0 Å². The first-order valence-corrected chi connectivity index (χ1v) is 9.81. The summed E-state index contributed by atoms with van der Waals surface area (Å²) in [6.45, 7) is 5.81. The average molecular weight is 336 g/mol. The summed E-state index contributed by atoms with van der Waals surface area (Å²) in [5.41, 5.74) is 0.114. The maximum absolute atomic E-state index is 12.6. The van der Waals surface area contributed by atoms with Gasteiger partial charge in [0.15, 0.2) is 0 Å². The Kier molecular flexibility index (Phi) is 7.66. The van der Waals surface area contributed by atoms with Crippen molar-refractivity contribution in [3.05, 3.63) is 28.6 Å². The van der Waals surface area contributed by atoms with Crippen molar-refractivity contribution in [2.75, 3.05) is 6.61 Å². The smallest absolute Gasteiger partial charge is 0.272 e. The van der Waals surface area contributed by atoms with Crippen LogP contribution in [-0.4, -0.2) is 10.6 Å². The Morgan fingerprint density at radius 1 is 1.00 bits per heavy atom. The number of hydrogen-bond acceptors (Lipinski definition) is 3. The van der Waals surface area contributed by atoms with Crippen molar-refractivity contribution in [2.24, 2.45) is 0 Å². The zero-order valence-corrected chi connectivity index (χ0v) is 15.3. The minimum Gasteiger partial charge on any atom is -0.493 e. The number of ether oxygens (including phenoxy) is 1. The SMILES string of the molecule is CCCCCCCCCn1sc2cccc(OCCC)c2c1=O. The van der Waals surface area contributed by atoms with Crippen molar-refractivity contribution in [2.45, 2.75) is 71.8 Å². The van der Waals surface area contributed by atoms with Crippen LogP contribution < -0.4 is 10.3 Å². The van der Waals surface area contributed by atoms with Gasteiger partial charge in [0.1, 0.15) is 11.1 Å². The van der Waals surface area contributed by atoms with Crippen LogP contribution in [0, 0.1) is 0 Å². The molecule has 0 saturated heterocycles. The van der Waals surface area contributed by atoms with E-state index in [-0.39, 0.29) is 5.56 Å². The molecule has 0 unspecified atom stereocenters. The van der Waals surface area contributed by atoms with Crippen LogP contribution in [0.1, 0.15) is 65.2 Å². The molecule has 0 atom stereocenters. The van der Waals surface area contributed by atoms with E-state index in [1.807, 2.05) is 22.2 Å². The van der Waals surface area contributed by atoms with Crippen LogP contribution in [0.25, 0.3) is 10.1 Å². The molecule has 1 heterocycles. The van der Waals surface area contributed by atoms with Gasteiger partial charge < -0.3 is 4.74 Å². The Morgan fingerprint density at radius 3 is 2.48 bits per heavy atom. The summed E-state index contributed by atoms with van der Waals surface area (Å²) in [6.07, 6.45) is 9.84. The first-order chi connectivity index (χ1) is 11.3. The lowest BCUT2D eigenvalue weighted by atomic mass is 10.1. The lowest BCUT2D eigenvalue weighted by Gasteiger charge is -2.04. The fourth-order valence-corrected chi connectivity index (χ4v) is 3.83. The van der Waals surface area contributed by atoms with E-state index in [4.69, 9.17) is 4.74 Å². The third-order valence-electron chi connectivity index (χ3n) is 4.06. The highest BCUT2D eigenvalue weighted by Gasteiger charge is 2.12. The standard InChI is InChI=1S/C19H29NO2S/c1-3-5-6-7-8-9-10-14-20-19(21)18-16(22-15-4-2)12-11-13-17(18)23-20/h11-13H,3-10,14-15H2,1-2H3. The summed E-state index contributed by atoms with van der Waals surface area (Å²) in [6, 6.07) is 5.90. The molecule has 0 bridgehead atoms. The van der Waals surface area contributed by atoms with Crippen molar-refractivity contribution in [1.82, 2.24) is 3.96 Å². The molecule has 2 aromatic rings. The quantitative estimate of drug-likeness (QED) is 0.500. The predicted octanol–water partition coefficient (Wildman–Crippen LogP) is 5.60. The average Bonchev–Trinajstić information content (AvgIpc) is 2.89. The third kappa shape index (κ3) is 5.10. The van der Waals surface area contributed by atoms with Crippen LogP contribution in [0.5, 0.6) is 5.75 Å². The van der Waals surface area contributed by atoms with Crippen LogP contribution in [0.2, 0.25) is 0 Å². The Morgan fingerprint density at radius 2 is 1.74 bits per heavy atom. The number of aromatic nitrogens is 1. The molecule has 128 valence electrons. The molecule has 0 radical (unpaired) electrons. The number of unbranched alkanes of at least 4 members (excludes halogenated alkanes) is 6. The normalized spacial score (nSPS) is 11.2. The molecule has 4 heteroatoms. The zero-order valence-electron chi connectivity index (χ0n) is 14.5. The zero-order chi connectivity index (χ0) is 16.5. The van der Waals surface area contributed by atoms with Gasteiger partial charge in [0.2, 0.25) is 0 Å². The summed E-state index contributed by atoms with van der Waals surface area (Å²) >= 11 is 1.57. The first-order valence-electron chi connectivity index (χ1n) is 9.03. The van der Waals surface area contributed by atoms with E-state index in [1.165, 1.54) is 38.5 Å². The molecule has 1 aromatic heterocycles. The lowest BCUT2D eigenvalue weighted by molar-refractivity contribution is 0.321. The molecule has 23 heavy (non-hydrogen) atoms. The Bertz CT molecular complexity index is 644. The van der Waals surface area contributed by atoms with E-state index in [9.17, 15) is 4.79 Å². The van der Waals surface area contributed by atoms with Gasteiger partial charge in [-0.25, -0.2) is 0 Å².